The fraction of sp³-hybridized carbons (Fsp3) is 0.364. The lowest BCUT2D eigenvalue weighted by Gasteiger charge is -2.07. The van der Waals surface area contributed by atoms with Crippen LogP contribution in [0.3, 0.4) is 0 Å². The fourth-order valence-corrected chi connectivity index (χ4v) is 2.81. The van der Waals surface area contributed by atoms with E-state index in [0.29, 0.717) is 18.2 Å². The van der Waals surface area contributed by atoms with Crippen LogP contribution in [-0.2, 0) is 16.6 Å². The van der Waals surface area contributed by atoms with Crippen molar-refractivity contribution in [2.45, 2.75) is 30.5 Å². The van der Waals surface area contributed by atoms with E-state index < -0.39 is 10.0 Å². The van der Waals surface area contributed by atoms with Crippen molar-refractivity contribution in [3.63, 3.8) is 0 Å². The molecule has 0 aromatic carbocycles. The normalized spacial score (nSPS) is 15.2. The molecular formula is C11H14N6O2S. The van der Waals surface area contributed by atoms with E-state index in [2.05, 4.69) is 30.2 Å². The van der Waals surface area contributed by atoms with Crippen LogP contribution in [0.4, 0.5) is 5.95 Å². The highest BCUT2D eigenvalue weighted by atomic mass is 32.2. The van der Waals surface area contributed by atoms with Crippen molar-refractivity contribution in [2.24, 2.45) is 0 Å². The number of hydrogen-bond donors (Lipinski definition) is 3. The van der Waals surface area contributed by atoms with Gasteiger partial charge in [-0.3, -0.25) is 5.10 Å². The van der Waals surface area contributed by atoms with E-state index in [0.717, 1.165) is 12.8 Å². The summed E-state index contributed by atoms with van der Waals surface area (Å²) < 4.78 is 26.8. The van der Waals surface area contributed by atoms with Crippen molar-refractivity contribution in [3.8, 4) is 0 Å². The third-order valence-electron chi connectivity index (χ3n) is 2.90. The summed E-state index contributed by atoms with van der Waals surface area (Å²) in [5.41, 5.74) is 0.598. The van der Waals surface area contributed by atoms with Gasteiger partial charge in [-0.2, -0.15) is 13.5 Å². The molecule has 106 valence electrons. The second-order valence-electron chi connectivity index (χ2n) is 4.56. The van der Waals surface area contributed by atoms with Crippen LogP contribution in [0.1, 0.15) is 18.4 Å². The Kier molecular flexibility index (Phi) is 3.36. The SMILES string of the molecule is O=S(=O)(Nc1ncccn1)c1[nH]ncc1CNC1CC1. The maximum Gasteiger partial charge on any atom is 0.281 e. The van der Waals surface area contributed by atoms with Gasteiger partial charge in [0.1, 0.15) is 0 Å². The molecule has 2 heterocycles. The Morgan fingerprint density at radius 2 is 2.05 bits per heavy atom. The lowest BCUT2D eigenvalue weighted by molar-refractivity contribution is 0.593. The highest BCUT2D eigenvalue weighted by Crippen LogP contribution is 2.21. The van der Waals surface area contributed by atoms with Gasteiger partial charge < -0.3 is 5.32 Å². The number of nitrogens with one attached hydrogen (secondary N) is 3. The van der Waals surface area contributed by atoms with Crippen LogP contribution in [0.2, 0.25) is 0 Å². The molecular weight excluding hydrogens is 280 g/mol. The van der Waals surface area contributed by atoms with E-state index in [1.165, 1.54) is 18.6 Å². The van der Waals surface area contributed by atoms with Crippen molar-refractivity contribution in [1.29, 1.82) is 0 Å². The smallest absolute Gasteiger partial charge is 0.281 e. The molecule has 0 spiro atoms. The van der Waals surface area contributed by atoms with Crippen molar-refractivity contribution in [2.75, 3.05) is 4.72 Å². The zero-order valence-electron chi connectivity index (χ0n) is 10.6. The lowest BCUT2D eigenvalue weighted by atomic mass is 10.3. The standard InChI is InChI=1S/C11H14N6O2S/c18-20(19,17-11-12-4-1-5-13-11)10-8(7-15-16-10)6-14-9-2-3-9/h1,4-5,7,9,14H,2-3,6H2,(H,15,16)(H,12,13,17). The summed E-state index contributed by atoms with van der Waals surface area (Å²) in [7, 11) is -3.76. The van der Waals surface area contributed by atoms with E-state index in [9.17, 15) is 8.42 Å². The Morgan fingerprint density at radius 3 is 2.75 bits per heavy atom. The quantitative estimate of drug-likeness (QED) is 0.704. The number of anilines is 1. The summed E-state index contributed by atoms with van der Waals surface area (Å²) in [6.07, 6.45) is 6.71. The zero-order valence-corrected chi connectivity index (χ0v) is 11.4. The Balaban J connectivity index is 1.78. The minimum absolute atomic E-state index is 0.0307. The molecule has 1 aliphatic rings. The van der Waals surface area contributed by atoms with Gasteiger partial charge in [0, 0.05) is 30.5 Å². The van der Waals surface area contributed by atoms with E-state index in [4.69, 9.17) is 0 Å². The Labute approximate surface area is 116 Å². The number of hydrogen-bond acceptors (Lipinski definition) is 6. The van der Waals surface area contributed by atoms with E-state index in [-0.39, 0.29) is 11.0 Å². The largest absolute Gasteiger partial charge is 0.310 e. The van der Waals surface area contributed by atoms with Crippen molar-refractivity contribution < 1.29 is 8.42 Å². The molecule has 3 N–H and O–H groups in total. The first kappa shape index (κ1) is 13.0. The fourth-order valence-electron chi connectivity index (χ4n) is 1.72. The van der Waals surface area contributed by atoms with Gasteiger partial charge in [0.15, 0.2) is 5.03 Å². The van der Waals surface area contributed by atoms with Gasteiger partial charge in [0.05, 0.1) is 6.20 Å². The summed E-state index contributed by atoms with van der Waals surface area (Å²) >= 11 is 0. The zero-order chi connectivity index (χ0) is 14.0. The second-order valence-corrected chi connectivity index (χ2v) is 6.18. The highest BCUT2D eigenvalue weighted by Gasteiger charge is 2.24. The van der Waals surface area contributed by atoms with Crippen LogP contribution in [0, 0.1) is 0 Å². The molecule has 2 aromatic heterocycles. The van der Waals surface area contributed by atoms with Gasteiger partial charge in [0.25, 0.3) is 10.0 Å². The summed E-state index contributed by atoms with van der Waals surface area (Å²) in [4.78, 5) is 7.67. The number of aromatic nitrogens is 4. The van der Waals surface area contributed by atoms with Crippen molar-refractivity contribution >= 4 is 16.0 Å². The molecule has 2 aromatic rings. The van der Waals surface area contributed by atoms with Gasteiger partial charge in [0.2, 0.25) is 5.95 Å². The Hall–Kier alpha value is -2.00. The topological polar surface area (TPSA) is 113 Å². The molecule has 3 rings (SSSR count). The van der Waals surface area contributed by atoms with Gasteiger partial charge in [-0.25, -0.2) is 14.7 Å². The average Bonchev–Trinajstić information content (AvgIpc) is 3.13. The highest BCUT2D eigenvalue weighted by molar-refractivity contribution is 7.92. The molecule has 20 heavy (non-hydrogen) atoms. The molecule has 8 nitrogen and oxygen atoms in total. The third kappa shape index (κ3) is 2.94. The summed E-state index contributed by atoms with van der Waals surface area (Å²) in [5, 5.41) is 9.61. The number of sulfonamides is 1. The first-order chi connectivity index (χ1) is 9.65. The average molecular weight is 294 g/mol. The molecule has 0 bridgehead atoms. The first-order valence-electron chi connectivity index (χ1n) is 6.20. The van der Waals surface area contributed by atoms with E-state index in [1.807, 2.05) is 0 Å². The summed E-state index contributed by atoms with van der Waals surface area (Å²) in [6.45, 7) is 0.465. The number of rotatable bonds is 6. The predicted molar refractivity (Wildman–Crippen MR) is 71.3 cm³/mol. The number of H-pyrrole nitrogens is 1. The predicted octanol–water partition coefficient (Wildman–Crippen LogP) is 0.252. The Morgan fingerprint density at radius 1 is 1.30 bits per heavy atom. The molecule has 0 atom stereocenters. The lowest BCUT2D eigenvalue weighted by Crippen LogP contribution is -2.20. The van der Waals surface area contributed by atoms with E-state index >= 15 is 0 Å². The summed E-state index contributed by atoms with van der Waals surface area (Å²) in [5.74, 6) is 0.0307. The second kappa shape index (κ2) is 5.17. The van der Waals surface area contributed by atoms with Crippen LogP contribution < -0.4 is 10.0 Å². The first-order valence-corrected chi connectivity index (χ1v) is 7.69. The maximum atomic E-state index is 12.3. The molecule has 0 unspecified atom stereocenters. The van der Waals surface area contributed by atoms with Crippen molar-refractivity contribution in [3.05, 3.63) is 30.2 Å². The molecule has 0 radical (unpaired) electrons. The van der Waals surface area contributed by atoms with Gasteiger partial charge in [-0.15, -0.1) is 0 Å². The number of nitrogens with zero attached hydrogens (tertiary/aromatic N) is 3. The monoisotopic (exact) mass is 294 g/mol. The molecule has 0 aliphatic heterocycles. The van der Waals surface area contributed by atoms with Crippen LogP contribution in [0.25, 0.3) is 0 Å². The molecule has 1 saturated carbocycles. The van der Waals surface area contributed by atoms with Gasteiger partial charge in [-0.1, -0.05) is 0 Å². The van der Waals surface area contributed by atoms with E-state index in [1.54, 1.807) is 6.07 Å². The molecule has 0 saturated heterocycles. The van der Waals surface area contributed by atoms with Crippen molar-refractivity contribution in [1.82, 2.24) is 25.5 Å². The Bertz CT molecular complexity index is 680. The molecule has 1 aliphatic carbocycles. The minimum Gasteiger partial charge on any atom is -0.310 e. The van der Waals surface area contributed by atoms with Crippen LogP contribution in [0.5, 0.6) is 0 Å². The number of aromatic amines is 1. The molecule has 9 heteroatoms. The third-order valence-corrected chi connectivity index (χ3v) is 4.24. The minimum atomic E-state index is -3.76. The summed E-state index contributed by atoms with van der Waals surface area (Å²) in [6, 6.07) is 2.10. The van der Waals surface area contributed by atoms with Crippen LogP contribution in [0.15, 0.2) is 29.7 Å². The van der Waals surface area contributed by atoms with Crippen LogP contribution >= 0.6 is 0 Å². The van der Waals surface area contributed by atoms with Crippen LogP contribution in [-0.4, -0.2) is 34.6 Å². The van der Waals surface area contributed by atoms with Gasteiger partial charge in [-0.05, 0) is 18.9 Å². The maximum absolute atomic E-state index is 12.3. The van der Waals surface area contributed by atoms with Gasteiger partial charge >= 0.3 is 0 Å². The molecule has 0 amide bonds. The molecule has 1 fully saturated rings.